The van der Waals surface area contributed by atoms with E-state index in [4.69, 9.17) is 5.26 Å². The molecule has 74 valence electrons. The summed E-state index contributed by atoms with van der Waals surface area (Å²) in [5, 5.41) is 15.9. The lowest BCUT2D eigenvalue weighted by Crippen LogP contribution is -2.14. The van der Waals surface area contributed by atoms with Crippen molar-refractivity contribution < 1.29 is 4.39 Å². The summed E-state index contributed by atoms with van der Waals surface area (Å²) in [5.41, 5.74) is 1.26. The van der Waals surface area contributed by atoms with E-state index in [9.17, 15) is 4.39 Å². The van der Waals surface area contributed by atoms with E-state index in [0.29, 0.717) is 18.7 Å². The molecule has 4 nitrogen and oxygen atoms in total. The summed E-state index contributed by atoms with van der Waals surface area (Å²) in [6.07, 6.45) is -0.352. The largest absolute Gasteiger partial charge is 0.306 e. The fraction of sp³-hybridized carbons (Fsp3) is 0.556. The molecule has 0 aliphatic carbocycles. The normalized spacial score (nSPS) is 26.4. The zero-order valence-corrected chi connectivity index (χ0v) is 7.87. The van der Waals surface area contributed by atoms with Gasteiger partial charge in [0.05, 0.1) is 11.7 Å². The third kappa shape index (κ3) is 1.49. The van der Waals surface area contributed by atoms with E-state index in [-0.39, 0.29) is 6.04 Å². The number of aromatic nitrogens is 2. The number of nitrogens with one attached hydrogen (secondary N) is 1. The molecule has 0 aromatic carbocycles. The predicted octanol–water partition coefficient (Wildman–Crippen LogP) is 0.664. The van der Waals surface area contributed by atoms with Crippen LogP contribution in [0.15, 0.2) is 6.07 Å². The molecule has 0 saturated carbocycles. The van der Waals surface area contributed by atoms with Gasteiger partial charge in [-0.3, -0.25) is 4.68 Å². The lowest BCUT2D eigenvalue weighted by molar-refractivity contribution is 0.355. The van der Waals surface area contributed by atoms with Crippen LogP contribution in [0.1, 0.15) is 23.9 Å². The van der Waals surface area contributed by atoms with E-state index in [1.807, 2.05) is 6.07 Å². The lowest BCUT2D eigenvalue weighted by Gasteiger charge is -2.04. The van der Waals surface area contributed by atoms with Crippen LogP contribution in [-0.4, -0.2) is 22.5 Å². The molecule has 0 unspecified atom stereocenters. The highest BCUT2D eigenvalue weighted by molar-refractivity contribution is 5.25. The smallest absolute Gasteiger partial charge is 0.138 e. The molecule has 14 heavy (non-hydrogen) atoms. The van der Waals surface area contributed by atoms with Crippen molar-refractivity contribution in [3.63, 3.8) is 0 Å². The number of halogens is 1. The second-order valence-electron chi connectivity index (χ2n) is 3.48. The number of alkyl halides is 1. The molecule has 0 spiro atoms. The fourth-order valence-electron chi connectivity index (χ4n) is 1.68. The van der Waals surface area contributed by atoms with Crippen molar-refractivity contribution in [2.45, 2.75) is 18.6 Å². The van der Waals surface area contributed by atoms with Crippen molar-refractivity contribution in [3.8, 4) is 6.07 Å². The Balaban J connectivity index is 2.21. The van der Waals surface area contributed by atoms with E-state index in [1.54, 1.807) is 13.1 Å². The van der Waals surface area contributed by atoms with Gasteiger partial charge < -0.3 is 5.32 Å². The molecule has 1 aliphatic rings. The van der Waals surface area contributed by atoms with Gasteiger partial charge in [-0.2, -0.15) is 10.4 Å². The standard InChI is InChI=1S/C9H11FN4/c1-14-7(4-11)3-9(13-14)8-2-6(10)5-12-8/h3,6,8,12H,2,5H2,1H3/t6-,8-/m0/s1. The van der Waals surface area contributed by atoms with Crippen LogP contribution >= 0.6 is 0 Å². The number of nitrogens with zero attached hydrogens (tertiary/aromatic N) is 3. The van der Waals surface area contributed by atoms with Crippen molar-refractivity contribution in [1.82, 2.24) is 15.1 Å². The highest BCUT2D eigenvalue weighted by atomic mass is 19.1. The maximum atomic E-state index is 12.9. The first kappa shape index (κ1) is 9.16. The zero-order chi connectivity index (χ0) is 10.1. The zero-order valence-electron chi connectivity index (χ0n) is 7.87. The Bertz CT molecular complexity index is 379. The highest BCUT2D eigenvalue weighted by Gasteiger charge is 2.27. The van der Waals surface area contributed by atoms with Gasteiger partial charge in [-0.15, -0.1) is 0 Å². The van der Waals surface area contributed by atoms with Crippen molar-refractivity contribution in [2.24, 2.45) is 7.05 Å². The first-order valence-electron chi connectivity index (χ1n) is 4.52. The molecule has 5 heteroatoms. The van der Waals surface area contributed by atoms with Gasteiger partial charge in [0.1, 0.15) is 17.9 Å². The summed E-state index contributed by atoms with van der Waals surface area (Å²) < 4.78 is 14.4. The molecule has 1 fully saturated rings. The first-order valence-corrected chi connectivity index (χ1v) is 4.52. The summed E-state index contributed by atoms with van der Waals surface area (Å²) in [6.45, 7) is 0.378. The quantitative estimate of drug-likeness (QED) is 0.714. The Hall–Kier alpha value is -1.41. The SMILES string of the molecule is Cn1nc([C@@H]2C[C@H](F)CN2)cc1C#N. The first-order chi connectivity index (χ1) is 6.70. The number of hydrogen-bond acceptors (Lipinski definition) is 3. The van der Waals surface area contributed by atoms with Gasteiger partial charge in [0.15, 0.2) is 0 Å². The molecule has 1 aromatic rings. The molecule has 1 N–H and O–H groups in total. The van der Waals surface area contributed by atoms with Crippen LogP contribution in [0.5, 0.6) is 0 Å². The molecule has 2 rings (SSSR count). The molecule has 0 radical (unpaired) electrons. The molecule has 1 aromatic heterocycles. The van der Waals surface area contributed by atoms with Gasteiger partial charge in [0.25, 0.3) is 0 Å². The second-order valence-corrected chi connectivity index (χ2v) is 3.48. The Morgan fingerprint density at radius 3 is 3.07 bits per heavy atom. The minimum absolute atomic E-state index is 0.0432. The number of aryl methyl sites for hydroxylation is 1. The van der Waals surface area contributed by atoms with Crippen LogP contribution in [0.25, 0.3) is 0 Å². The topological polar surface area (TPSA) is 53.6 Å². The molecular weight excluding hydrogens is 183 g/mol. The molecular formula is C9H11FN4. The van der Waals surface area contributed by atoms with Crippen LogP contribution in [0.3, 0.4) is 0 Å². The molecule has 2 atom stereocenters. The Morgan fingerprint density at radius 2 is 2.57 bits per heavy atom. The van der Waals surface area contributed by atoms with Gasteiger partial charge in [-0.05, 0) is 6.07 Å². The van der Waals surface area contributed by atoms with E-state index >= 15 is 0 Å². The Morgan fingerprint density at radius 1 is 1.79 bits per heavy atom. The summed E-state index contributed by atoms with van der Waals surface area (Å²) in [6, 6.07) is 3.69. The summed E-state index contributed by atoms with van der Waals surface area (Å²) >= 11 is 0. The predicted molar refractivity (Wildman–Crippen MR) is 48.2 cm³/mol. The monoisotopic (exact) mass is 194 g/mol. The van der Waals surface area contributed by atoms with Gasteiger partial charge in [-0.25, -0.2) is 4.39 Å². The van der Waals surface area contributed by atoms with Crippen LogP contribution in [-0.2, 0) is 7.05 Å². The van der Waals surface area contributed by atoms with Gasteiger partial charge in [-0.1, -0.05) is 0 Å². The third-order valence-electron chi connectivity index (χ3n) is 2.45. The summed E-state index contributed by atoms with van der Waals surface area (Å²) in [4.78, 5) is 0. The minimum Gasteiger partial charge on any atom is -0.306 e. The fourth-order valence-corrected chi connectivity index (χ4v) is 1.68. The second kappa shape index (κ2) is 3.39. The van der Waals surface area contributed by atoms with Crippen LogP contribution in [0, 0.1) is 11.3 Å². The van der Waals surface area contributed by atoms with Crippen molar-refractivity contribution in [3.05, 3.63) is 17.5 Å². The molecule has 1 aliphatic heterocycles. The van der Waals surface area contributed by atoms with Crippen LogP contribution < -0.4 is 5.32 Å². The molecule has 0 bridgehead atoms. The van der Waals surface area contributed by atoms with Crippen LogP contribution in [0.2, 0.25) is 0 Å². The highest BCUT2D eigenvalue weighted by Crippen LogP contribution is 2.24. The molecule has 2 heterocycles. The van der Waals surface area contributed by atoms with Crippen LogP contribution in [0.4, 0.5) is 4.39 Å². The average Bonchev–Trinajstić information content (AvgIpc) is 2.71. The van der Waals surface area contributed by atoms with Crippen molar-refractivity contribution in [1.29, 1.82) is 5.26 Å². The van der Waals surface area contributed by atoms with E-state index in [2.05, 4.69) is 10.4 Å². The van der Waals surface area contributed by atoms with E-state index < -0.39 is 6.17 Å². The molecule has 0 amide bonds. The average molecular weight is 194 g/mol. The third-order valence-corrected chi connectivity index (χ3v) is 2.45. The van der Waals surface area contributed by atoms with Gasteiger partial charge in [0.2, 0.25) is 0 Å². The lowest BCUT2D eigenvalue weighted by atomic mass is 10.1. The summed E-state index contributed by atoms with van der Waals surface area (Å²) in [5.74, 6) is 0. The van der Waals surface area contributed by atoms with E-state index in [0.717, 1.165) is 5.69 Å². The van der Waals surface area contributed by atoms with Crippen molar-refractivity contribution in [2.75, 3.05) is 6.54 Å². The number of hydrogen-bond donors (Lipinski definition) is 1. The molecule has 1 saturated heterocycles. The maximum absolute atomic E-state index is 12.9. The number of rotatable bonds is 1. The van der Waals surface area contributed by atoms with Gasteiger partial charge >= 0.3 is 0 Å². The summed E-state index contributed by atoms with van der Waals surface area (Å²) in [7, 11) is 1.71. The Kier molecular flexibility index (Phi) is 2.22. The van der Waals surface area contributed by atoms with Crippen molar-refractivity contribution >= 4 is 0 Å². The maximum Gasteiger partial charge on any atom is 0.138 e. The minimum atomic E-state index is -0.799. The number of nitriles is 1. The Labute approximate surface area is 81.3 Å². The van der Waals surface area contributed by atoms with E-state index in [1.165, 1.54) is 4.68 Å². The van der Waals surface area contributed by atoms with Gasteiger partial charge in [0, 0.05) is 20.0 Å².